The second kappa shape index (κ2) is 6.26. The fourth-order valence-corrected chi connectivity index (χ4v) is 4.89. The van der Waals surface area contributed by atoms with Crippen LogP contribution in [0.15, 0.2) is 24.8 Å². The van der Waals surface area contributed by atoms with Gasteiger partial charge in [0.2, 0.25) is 0 Å². The predicted molar refractivity (Wildman–Crippen MR) is 85.3 cm³/mol. The minimum atomic E-state index is -1.60. The van der Waals surface area contributed by atoms with Crippen molar-refractivity contribution < 1.29 is 0 Å². The van der Waals surface area contributed by atoms with Gasteiger partial charge in [0.1, 0.15) is 8.24 Å². The standard InChI is InChI=1S/C13H27BClNSi/c1-9-10-14(15)16(11-12(2)3)17(7,8)13(4,5)6/h9H,1-2,10-11H2,3-8H3. The molecule has 0 saturated heterocycles. The van der Waals surface area contributed by atoms with Gasteiger partial charge in [-0.15, -0.1) is 6.58 Å². The van der Waals surface area contributed by atoms with E-state index in [0.29, 0.717) is 0 Å². The summed E-state index contributed by atoms with van der Waals surface area (Å²) >= 11 is 6.53. The molecule has 0 aromatic heterocycles. The molecule has 1 nitrogen and oxygen atoms in total. The van der Waals surface area contributed by atoms with Crippen molar-refractivity contribution in [2.75, 3.05) is 6.54 Å². The highest BCUT2D eigenvalue weighted by molar-refractivity contribution is 7.10. The molecule has 0 aromatic carbocycles. The molecule has 0 aromatic rings. The monoisotopic (exact) mass is 271 g/mol. The average Bonchev–Trinajstić information content (AvgIpc) is 2.12. The van der Waals surface area contributed by atoms with Crippen LogP contribution < -0.4 is 0 Å². The Bertz CT molecular complexity index is 284. The third-order valence-electron chi connectivity index (χ3n) is 3.69. The quantitative estimate of drug-likeness (QED) is 0.496. The molecule has 0 bridgehead atoms. The first-order chi connectivity index (χ1) is 7.54. The summed E-state index contributed by atoms with van der Waals surface area (Å²) in [5.41, 5.74) is 1.17. The molecule has 0 N–H and O–H groups in total. The zero-order valence-electron chi connectivity index (χ0n) is 12.3. The smallest absolute Gasteiger partial charge is 0.328 e. The Balaban J connectivity index is 5.16. The maximum Gasteiger partial charge on any atom is 0.328 e. The highest BCUT2D eigenvalue weighted by Crippen LogP contribution is 2.39. The predicted octanol–water partition coefficient (Wildman–Crippen LogP) is 4.78. The van der Waals surface area contributed by atoms with E-state index in [2.05, 4.69) is 58.4 Å². The molecule has 4 heteroatoms. The Kier molecular flexibility index (Phi) is 6.26. The highest BCUT2D eigenvalue weighted by atomic mass is 35.5. The number of hydrogen-bond acceptors (Lipinski definition) is 1. The van der Waals surface area contributed by atoms with Crippen LogP contribution in [-0.2, 0) is 0 Å². The first kappa shape index (κ1) is 17.0. The Hall–Kier alpha value is 0.0118. The number of rotatable bonds is 6. The lowest BCUT2D eigenvalue weighted by molar-refractivity contribution is 0.595. The average molecular weight is 272 g/mol. The number of halogens is 1. The van der Waals surface area contributed by atoms with E-state index in [-0.39, 0.29) is 11.3 Å². The van der Waals surface area contributed by atoms with Crippen LogP contribution in [0.3, 0.4) is 0 Å². The Morgan fingerprint density at radius 2 is 1.88 bits per heavy atom. The van der Waals surface area contributed by atoms with Gasteiger partial charge in [-0.25, -0.2) is 0 Å². The van der Waals surface area contributed by atoms with Gasteiger partial charge in [-0.1, -0.05) is 52.1 Å². The fraction of sp³-hybridized carbons (Fsp3) is 0.692. The van der Waals surface area contributed by atoms with Gasteiger partial charge in [0, 0.05) is 6.54 Å². The Morgan fingerprint density at radius 3 is 2.18 bits per heavy atom. The molecule has 0 aliphatic carbocycles. The van der Waals surface area contributed by atoms with Crippen LogP contribution in [-0.4, -0.2) is 25.5 Å². The maximum absolute atomic E-state index is 6.53. The van der Waals surface area contributed by atoms with Gasteiger partial charge in [0.25, 0.3) is 0 Å². The van der Waals surface area contributed by atoms with Crippen LogP contribution in [0.25, 0.3) is 0 Å². The molecule has 0 aliphatic heterocycles. The molecule has 0 radical (unpaired) electrons. The summed E-state index contributed by atoms with van der Waals surface area (Å²) in [6.45, 7) is 22.5. The third-order valence-corrected chi connectivity index (χ3v) is 9.85. The summed E-state index contributed by atoms with van der Waals surface area (Å²) in [6, 6.07) is 0. The van der Waals surface area contributed by atoms with Crippen LogP contribution in [0.1, 0.15) is 27.7 Å². The van der Waals surface area contributed by atoms with Gasteiger partial charge in [-0.3, -0.25) is 0 Å². The van der Waals surface area contributed by atoms with Crippen molar-refractivity contribution in [1.29, 1.82) is 0 Å². The fourth-order valence-electron chi connectivity index (χ4n) is 1.63. The molecule has 0 atom stereocenters. The summed E-state index contributed by atoms with van der Waals surface area (Å²) in [5, 5.41) is 0.288. The third kappa shape index (κ3) is 4.65. The lowest BCUT2D eigenvalue weighted by Gasteiger charge is -2.47. The molecule has 0 fully saturated rings. The number of allylic oxidation sites excluding steroid dienone is 1. The van der Waals surface area contributed by atoms with E-state index in [0.717, 1.165) is 12.9 Å². The van der Waals surface area contributed by atoms with Crippen LogP contribution in [0.2, 0.25) is 24.5 Å². The molecule has 98 valence electrons. The van der Waals surface area contributed by atoms with Gasteiger partial charge in [-0.2, -0.15) is 11.5 Å². The highest BCUT2D eigenvalue weighted by Gasteiger charge is 2.43. The molecule has 0 heterocycles. The molecule has 0 unspecified atom stereocenters. The zero-order valence-corrected chi connectivity index (χ0v) is 14.1. The number of nitrogens with zero attached hydrogens (tertiary/aromatic N) is 1. The van der Waals surface area contributed by atoms with Crippen molar-refractivity contribution in [2.24, 2.45) is 0 Å². The van der Waals surface area contributed by atoms with Crippen molar-refractivity contribution in [3.8, 4) is 0 Å². The summed E-state index contributed by atoms with van der Waals surface area (Å²) in [5.74, 6) is 0. The van der Waals surface area contributed by atoms with Gasteiger partial charge in [-0.05, 0) is 18.3 Å². The Labute approximate surface area is 114 Å². The molecular formula is C13H27BClNSi. The first-order valence-electron chi connectivity index (χ1n) is 6.20. The molecule has 0 saturated carbocycles. The minimum absolute atomic E-state index is 0.0325. The van der Waals surface area contributed by atoms with E-state index in [1.165, 1.54) is 5.57 Å². The van der Waals surface area contributed by atoms with Gasteiger partial charge in [0.15, 0.2) is 0 Å². The maximum atomic E-state index is 6.53. The van der Waals surface area contributed by atoms with Gasteiger partial charge < -0.3 is 4.48 Å². The molecule has 0 rings (SSSR count). The summed E-state index contributed by atoms with van der Waals surface area (Å²) < 4.78 is 2.46. The van der Waals surface area contributed by atoms with Crippen molar-refractivity contribution in [3.63, 3.8) is 0 Å². The van der Waals surface area contributed by atoms with E-state index < -0.39 is 8.24 Å². The summed E-state index contributed by atoms with van der Waals surface area (Å²) in [4.78, 5) is 0. The van der Waals surface area contributed by atoms with Crippen LogP contribution >= 0.6 is 11.5 Å². The first-order valence-corrected chi connectivity index (χ1v) is 9.58. The molecule has 17 heavy (non-hydrogen) atoms. The van der Waals surface area contributed by atoms with E-state index in [1.54, 1.807) is 0 Å². The van der Waals surface area contributed by atoms with Gasteiger partial charge >= 0.3 is 6.26 Å². The summed E-state index contributed by atoms with van der Waals surface area (Å²) in [6.07, 6.45) is 2.75. The molecule has 0 spiro atoms. The Morgan fingerprint density at radius 1 is 1.41 bits per heavy atom. The number of hydrogen-bond donors (Lipinski definition) is 0. The van der Waals surface area contributed by atoms with E-state index >= 15 is 0 Å². The van der Waals surface area contributed by atoms with Crippen LogP contribution in [0.4, 0.5) is 0 Å². The van der Waals surface area contributed by atoms with Crippen molar-refractivity contribution in [1.82, 2.24) is 4.48 Å². The van der Waals surface area contributed by atoms with Crippen molar-refractivity contribution in [2.45, 2.75) is 52.1 Å². The molecular weight excluding hydrogens is 245 g/mol. The zero-order chi connectivity index (χ0) is 13.9. The normalized spacial score (nSPS) is 12.7. The van der Waals surface area contributed by atoms with Crippen LogP contribution in [0.5, 0.6) is 0 Å². The van der Waals surface area contributed by atoms with E-state index in [1.807, 2.05) is 6.08 Å². The lowest BCUT2D eigenvalue weighted by Crippen LogP contribution is -2.59. The van der Waals surface area contributed by atoms with Gasteiger partial charge in [0.05, 0.1) is 0 Å². The van der Waals surface area contributed by atoms with Crippen molar-refractivity contribution in [3.05, 3.63) is 24.8 Å². The topological polar surface area (TPSA) is 3.24 Å². The second-order valence-electron chi connectivity index (χ2n) is 6.35. The molecule has 0 amide bonds. The van der Waals surface area contributed by atoms with E-state index in [4.69, 9.17) is 11.5 Å². The van der Waals surface area contributed by atoms with Crippen LogP contribution in [0, 0.1) is 0 Å². The largest absolute Gasteiger partial charge is 0.347 e. The minimum Gasteiger partial charge on any atom is -0.347 e. The van der Waals surface area contributed by atoms with E-state index in [9.17, 15) is 0 Å². The second-order valence-corrected chi connectivity index (χ2v) is 12.0. The van der Waals surface area contributed by atoms with Crippen molar-refractivity contribution >= 4 is 26.0 Å². The molecule has 0 aliphatic rings. The lowest BCUT2D eigenvalue weighted by atomic mass is 9.86. The summed E-state index contributed by atoms with van der Waals surface area (Å²) in [7, 11) is -1.60. The SMILES string of the molecule is C=CCB(Cl)N(CC(=C)C)[Si](C)(C)C(C)(C)C.